The molecule has 0 aliphatic rings. The van der Waals surface area contributed by atoms with Crippen molar-refractivity contribution in [2.24, 2.45) is 0 Å². The highest BCUT2D eigenvalue weighted by Gasteiger charge is 2.14. The first-order chi connectivity index (χ1) is 12.1. The number of carboxylic acid groups (broad SMARTS) is 1. The average Bonchev–Trinajstić information content (AvgIpc) is 2.64. The molecule has 2 aromatic carbocycles. The third kappa shape index (κ3) is 4.76. The summed E-state index contributed by atoms with van der Waals surface area (Å²) in [5, 5.41) is 9.25. The highest BCUT2D eigenvalue weighted by Crippen LogP contribution is 2.36. The Morgan fingerprint density at radius 3 is 2.16 bits per heavy atom. The van der Waals surface area contributed by atoms with Crippen molar-refractivity contribution in [2.75, 3.05) is 14.2 Å². The largest absolute Gasteiger partial charge is 0.496 e. The van der Waals surface area contributed by atoms with Crippen LogP contribution in [-0.2, 0) is 11.4 Å². The standard InChI is InChI=1S/C20H22O5/c1-4-15(20(21)22)10-17-18(23-2)11-16(12-19(17)24-3)25-13-14-8-6-5-7-9-14/h5-12H,4,13H2,1-3H3,(H,21,22). The maximum absolute atomic E-state index is 11.3. The first-order valence-electron chi connectivity index (χ1n) is 7.95. The Balaban J connectivity index is 2.34. The Morgan fingerprint density at radius 1 is 1.08 bits per heavy atom. The second-order valence-corrected chi connectivity index (χ2v) is 5.34. The van der Waals surface area contributed by atoms with Gasteiger partial charge in [-0.15, -0.1) is 0 Å². The monoisotopic (exact) mass is 342 g/mol. The lowest BCUT2D eigenvalue weighted by atomic mass is 10.1. The van der Waals surface area contributed by atoms with Crippen LogP contribution in [0, 0.1) is 0 Å². The lowest BCUT2D eigenvalue weighted by Crippen LogP contribution is -2.01. The Morgan fingerprint density at radius 2 is 1.68 bits per heavy atom. The average molecular weight is 342 g/mol. The molecule has 0 radical (unpaired) electrons. The van der Waals surface area contributed by atoms with Crippen LogP contribution in [0.25, 0.3) is 6.08 Å². The molecule has 5 nitrogen and oxygen atoms in total. The molecular weight excluding hydrogens is 320 g/mol. The molecular formula is C20H22O5. The van der Waals surface area contributed by atoms with E-state index in [1.807, 2.05) is 30.3 Å². The zero-order valence-electron chi connectivity index (χ0n) is 14.6. The van der Waals surface area contributed by atoms with Gasteiger partial charge >= 0.3 is 5.97 Å². The summed E-state index contributed by atoms with van der Waals surface area (Å²) in [5.74, 6) is 0.614. The molecule has 25 heavy (non-hydrogen) atoms. The summed E-state index contributed by atoms with van der Waals surface area (Å²) < 4.78 is 16.6. The van der Waals surface area contributed by atoms with Crippen LogP contribution in [0.4, 0.5) is 0 Å². The van der Waals surface area contributed by atoms with Gasteiger partial charge in [0, 0.05) is 17.7 Å². The molecule has 0 heterocycles. The van der Waals surface area contributed by atoms with Crippen molar-refractivity contribution in [1.82, 2.24) is 0 Å². The lowest BCUT2D eigenvalue weighted by molar-refractivity contribution is -0.132. The van der Waals surface area contributed by atoms with E-state index in [2.05, 4.69) is 0 Å². The highest BCUT2D eigenvalue weighted by molar-refractivity contribution is 5.93. The molecule has 2 rings (SSSR count). The number of carboxylic acids is 1. The molecule has 0 atom stereocenters. The van der Waals surface area contributed by atoms with Gasteiger partial charge in [-0.3, -0.25) is 0 Å². The normalized spacial score (nSPS) is 11.1. The molecule has 5 heteroatoms. The molecule has 0 bridgehead atoms. The zero-order valence-corrected chi connectivity index (χ0v) is 14.6. The van der Waals surface area contributed by atoms with Gasteiger partial charge in [-0.25, -0.2) is 4.79 Å². The van der Waals surface area contributed by atoms with E-state index in [1.165, 1.54) is 14.2 Å². The predicted octanol–water partition coefficient (Wildman–Crippen LogP) is 4.16. The van der Waals surface area contributed by atoms with E-state index in [1.54, 1.807) is 25.1 Å². The fourth-order valence-electron chi connectivity index (χ4n) is 2.37. The van der Waals surface area contributed by atoms with Gasteiger partial charge < -0.3 is 19.3 Å². The number of rotatable bonds is 8. The quantitative estimate of drug-likeness (QED) is 0.730. The molecule has 0 aliphatic carbocycles. The Kier molecular flexibility index (Phi) is 6.46. The number of hydrogen-bond acceptors (Lipinski definition) is 4. The molecule has 0 aromatic heterocycles. The summed E-state index contributed by atoms with van der Waals surface area (Å²) in [4.78, 5) is 11.3. The number of carbonyl (C=O) groups is 1. The molecule has 0 spiro atoms. The Labute approximate surface area is 147 Å². The van der Waals surface area contributed by atoms with E-state index < -0.39 is 5.97 Å². The molecule has 1 N–H and O–H groups in total. The van der Waals surface area contributed by atoms with E-state index >= 15 is 0 Å². The van der Waals surface area contributed by atoms with Crippen molar-refractivity contribution >= 4 is 12.0 Å². The van der Waals surface area contributed by atoms with Crippen molar-refractivity contribution in [3.8, 4) is 17.2 Å². The van der Waals surface area contributed by atoms with Gasteiger partial charge in [0.05, 0.1) is 19.8 Å². The third-order valence-corrected chi connectivity index (χ3v) is 3.74. The van der Waals surface area contributed by atoms with Crippen LogP contribution in [0.3, 0.4) is 0 Å². The van der Waals surface area contributed by atoms with Gasteiger partial charge in [-0.2, -0.15) is 0 Å². The van der Waals surface area contributed by atoms with E-state index in [-0.39, 0.29) is 5.57 Å². The Hall–Kier alpha value is -2.95. The van der Waals surface area contributed by atoms with Crippen LogP contribution >= 0.6 is 0 Å². The van der Waals surface area contributed by atoms with Crippen molar-refractivity contribution in [3.63, 3.8) is 0 Å². The first-order valence-corrected chi connectivity index (χ1v) is 7.95. The first kappa shape index (κ1) is 18.4. The zero-order chi connectivity index (χ0) is 18.2. The summed E-state index contributed by atoms with van der Waals surface area (Å²) >= 11 is 0. The smallest absolute Gasteiger partial charge is 0.331 e. The van der Waals surface area contributed by atoms with E-state index in [0.717, 1.165) is 5.56 Å². The number of ether oxygens (including phenoxy) is 3. The van der Waals surface area contributed by atoms with E-state index in [0.29, 0.717) is 35.8 Å². The third-order valence-electron chi connectivity index (χ3n) is 3.74. The molecule has 0 fully saturated rings. The molecule has 0 unspecified atom stereocenters. The van der Waals surface area contributed by atoms with Crippen molar-refractivity contribution in [1.29, 1.82) is 0 Å². The van der Waals surface area contributed by atoms with Gasteiger partial charge in [0.15, 0.2) is 0 Å². The SMILES string of the molecule is CCC(=Cc1c(OC)cc(OCc2ccccc2)cc1OC)C(=O)O. The number of aliphatic carboxylic acids is 1. The summed E-state index contributed by atoms with van der Waals surface area (Å²) in [6.45, 7) is 2.20. The Bertz CT molecular complexity index is 725. The minimum Gasteiger partial charge on any atom is -0.496 e. The van der Waals surface area contributed by atoms with Gasteiger partial charge in [0.1, 0.15) is 23.9 Å². The molecule has 0 saturated heterocycles. The summed E-state index contributed by atoms with van der Waals surface area (Å²) in [6.07, 6.45) is 1.97. The lowest BCUT2D eigenvalue weighted by Gasteiger charge is -2.14. The van der Waals surface area contributed by atoms with Crippen molar-refractivity contribution in [3.05, 3.63) is 59.2 Å². The fraction of sp³-hybridized carbons (Fsp3) is 0.250. The second kappa shape index (κ2) is 8.78. The predicted molar refractivity (Wildman–Crippen MR) is 96.2 cm³/mol. The number of benzene rings is 2. The fourth-order valence-corrected chi connectivity index (χ4v) is 2.37. The van der Waals surface area contributed by atoms with E-state index in [9.17, 15) is 9.90 Å². The van der Waals surface area contributed by atoms with Gasteiger partial charge in [-0.05, 0) is 18.1 Å². The number of hydrogen-bond donors (Lipinski definition) is 1. The molecule has 0 amide bonds. The van der Waals surface area contributed by atoms with Gasteiger partial charge in [0.2, 0.25) is 0 Å². The number of methoxy groups -OCH3 is 2. The minimum absolute atomic E-state index is 0.273. The highest BCUT2D eigenvalue weighted by atomic mass is 16.5. The topological polar surface area (TPSA) is 65.0 Å². The maximum atomic E-state index is 11.3. The van der Waals surface area contributed by atoms with Crippen LogP contribution in [0.2, 0.25) is 0 Å². The van der Waals surface area contributed by atoms with Crippen LogP contribution in [0.5, 0.6) is 17.2 Å². The summed E-state index contributed by atoms with van der Waals surface area (Å²) in [5.41, 5.74) is 1.90. The van der Waals surface area contributed by atoms with Crippen LogP contribution in [0.1, 0.15) is 24.5 Å². The molecule has 0 saturated carbocycles. The summed E-state index contributed by atoms with van der Waals surface area (Å²) in [7, 11) is 3.05. The minimum atomic E-state index is -0.962. The van der Waals surface area contributed by atoms with Crippen LogP contribution in [0.15, 0.2) is 48.0 Å². The second-order valence-electron chi connectivity index (χ2n) is 5.34. The maximum Gasteiger partial charge on any atom is 0.331 e. The molecule has 132 valence electrons. The molecule has 0 aliphatic heterocycles. The van der Waals surface area contributed by atoms with Crippen molar-refractivity contribution < 1.29 is 24.1 Å². The van der Waals surface area contributed by atoms with Crippen molar-refractivity contribution in [2.45, 2.75) is 20.0 Å². The van der Waals surface area contributed by atoms with Gasteiger partial charge in [-0.1, -0.05) is 37.3 Å². The van der Waals surface area contributed by atoms with Gasteiger partial charge in [0.25, 0.3) is 0 Å². The van der Waals surface area contributed by atoms with Crippen LogP contribution < -0.4 is 14.2 Å². The molecule has 2 aromatic rings. The summed E-state index contributed by atoms with van der Waals surface area (Å²) in [6, 6.07) is 13.3. The van der Waals surface area contributed by atoms with Crippen LogP contribution in [-0.4, -0.2) is 25.3 Å². The van der Waals surface area contributed by atoms with E-state index in [4.69, 9.17) is 14.2 Å².